The Balaban J connectivity index is 2.40. The van der Waals surface area contributed by atoms with Gasteiger partial charge in [-0.15, -0.1) is 0 Å². The lowest BCUT2D eigenvalue weighted by Gasteiger charge is -2.15. The van der Waals surface area contributed by atoms with E-state index in [0.29, 0.717) is 0 Å². The van der Waals surface area contributed by atoms with Gasteiger partial charge in [0.25, 0.3) is 10.0 Å². The van der Waals surface area contributed by atoms with Gasteiger partial charge < -0.3 is 0 Å². The van der Waals surface area contributed by atoms with Crippen molar-refractivity contribution in [2.24, 2.45) is 0 Å². The number of nitrogens with zero attached hydrogens (tertiary/aromatic N) is 1. The maximum absolute atomic E-state index is 12.1. The minimum absolute atomic E-state index is 0.284. The van der Waals surface area contributed by atoms with Crippen LogP contribution in [0.3, 0.4) is 0 Å². The SMILES string of the molecule is O=S(=O)(c1ccccc1)N1C=CC=CC=C1. The van der Waals surface area contributed by atoms with Gasteiger partial charge in [0.05, 0.1) is 4.90 Å². The number of benzene rings is 1. The van der Waals surface area contributed by atoms with Gasteiger partial charge in [-0.2, -0.15) is 0 Å². The van der Waals surface area contributed by atoms with Gasteiger partial charge in [-0.25, -0.2) is 12.7 Å². The van der Waals surface area contributed by atoms with Crippen LogP contribution in [-0.4, -0.2) is 12.7 Å². The first kappa shape index (κ1) is 10.7. The van der Waals surface area contributed by atoms with E-state index in [2.05, 4.69) is 0 Å². The van der Waals surface area contributed by atoms with E-state index < -0.39 is 10.0 Å². The van der Waals surface area contributed by atoms with Crippen molar-refractivity contribution in [3.63, 3.8) is 0 Å². The summed E-state index contributed by atoms with van der Waals surface area (Å²) < 4.78 is 25.5. The molecular formula is C12H11NO2S. The Hall–Kier alpha value is -1.81. The molecule has 0 aliphatic carbocycles. The molecule has 0 amide bonds. The molecule has 4 heteroatoms. The minimum atomic E-state index is -3.47. The maximum atomic E-state index is 12.1. The molecule has 1 aromatic carbocycles. The normalized spacial score (nSPS) is 15.1. The summed E-state index contributed by atoms with van der Waals surface area (Å²) in [5.41, 5.74) is 0. The summed E-state index contributed by atoms with van der Waals surface area (Å²) in [6.45, 7) is 0. The molecule has 0 unspecified atom stereocenters. The lowest BCUT2D eigenvalue weighted by atomic mass is 10.4. The number of allylic oxidation sites excluding steroid dienone is 4. The summed E-state index contributed by atoms with van der Waals surface area (Å²) in [6, 6.07) is 8.35. The second-order valence-electron chi connectivity index (χ2n) is 3.22. The van der Waals surface area contributed by atoms with Crippen LogP contribution in [0.2, 0.25) is 0 Å². The molecule has 0 fully saturated rings. The van der Waals surface area contributed by atoms with E-state index in [-0.39, 0.29) is 4.90 Å². The molecule has 1 aliphatic rings. The van der Waals surface area contributed by atoms with Gasteiger partial charge in [-0.3, -0.25) is 0 Å². The molecule has 0 bridgehead atoms. The number of hydrogen-bond donors (Lipinski definition) is 0. The van der Waals surface area contributed by atoms with Gasteiger partial charge in [0, 0.05) is 12.4 Å². The van der Waals surface area contributed by atoms with Crippen molar-refractivity contribution in [3.8, 4) is 0 Å². The third-order valence-electron chi connectivity index (χ3n) is 2.12. The van der Waals surface area contributed by atoms with Gasteiger partial charge in [-0.1, -0.05) is 30.4 Å². The summed E-state index contributed by atoms with van der Waals surface area (Å²) in [6.07, 6.45) is 9.94. The Labute approximate surface area is 95.1 Å². The summed E-state index contributed by atoms with van der Waals surface area (Å²) in [5.74, 6) is 0. The van der Waals surface area contributed by atoms with Crippen molar-refractivity contribution in [1.82, 2.24) is 4.31 Å². The molecule has 3 nitrogen and oxygen atoms in total. The monoisotopic (exact) mass is 233 g/mol. The van der Waals surface area contributed by atoms with E-state index in [4.69, 9.17) is 0 Å². The van der Waals surface area contributed by atoms with Crippen molar-refractivity contribution in [3.05, 3.63) is 67.0 Å². The van der Waals surface area contributed by atoms with E-state index in [1.807, 2.05) is 0 Å². The largest absolute Gasteiger partial charge is 0.267 e. The van der Waals surface area contributed by atoms with Crippen LogP contribution in [0.15, 0.2) is 71.9 Å². The van der Waals surface area contributed by atoms with Gasteiger partial charge >= 0.3 is 0 Å². The highest BCUT2D eigenvalue weighted by molar-refractivity contribution is 7.89. The number of hydrogen-bond acceptors (Lipinski definition) is 2. The van der Waals surface area contributed by atoms with Crippen molar-refractivity contribution in [2.75, 3.05) is 0 Å². The smallest absolute Gasteiger partial charge is 0.249 e. The lowest BCUT2D eigenvalue weighted by molar-refractivity contribution is 0.553. The van der Waals surface area contributed by atoms with E-state index in [1.54, 1.807) is 54.6 Å². The minimum Gasteiger partial charge on any atom is -0.249 e. The highest BCUT2D eigenvalue weighted by Gasteiger charge is 2.18. The van der Waals surface area contributed by atoms with Crippen LogP contribution in [-0.2, 0) is 10.0 Å². The molecule has 0 aromatic heterocycles. The van der Waals surface area contributed by atoms with Crippen molar-refractivity contribution >= 4 is 10.0 Å². The molecule has 0 saturated heterocycles. The van der Waals surface area contributed by atoms with Crippen LogP contribution in [0, 0.1) is 0 Å². The Morgan fingerprint density at radius 2 is 1.38 bits per heavy atom. The van der Waals surface area contributed by atoms with Crippen LogP contribution in [0.25, 0.3) is 0 Å². The van der Waals surface area contributed by atoms with Crippen molar-refractivity contribution < 1.29 is 8.42 Å². The fourth-order valence-electron chi connectivity index (χ4n) is 1.32. The van der Waals surface area contributed by atoms with Crippen LogP contribution in [0.1, 0.15) is 0 Å². The Kier molecular flexibility index (Phi) is 2.92. The van der Waals surface area contributed by atoms with Gasteiger partial charge in [0.15, 0.2) is 0 Å². The number of rotatable bonds is 2. The van der Waals surface area contributed by atoms with E-state index in [0.717, 1.165) is 0 Å². The molecule has 0 atom stereocenters. The van der Waals surface area contributed by atoms with E-state index in [1.165, 1.54) is 16.7 Å². The topological polar surface area (TPSA) is 37.4 Å². The molecule has 0 radical (unpaired) electrons. The van der Waals surface area contributed by atoms with Crippen molar-refractivity contribution in [1.29, 1.82) is 0 Å². The molecule has 1 aliphatic heterocycles. The first-order valence-electron chi connectivity index (χ1n) is 4.81. The van der Waals surface area contributed by atoms with E-state index >= 15 is 0 Å². The quantitative estimate of drug-likeness (QED) is 0.785. The Bertz CT molecular complexity index is 526. The molecular weight excluding hydrogens is 222 g/mol. The lowest BCUT2D eigenvalue weighted by Crippen LogP contribution is -2.20. The van der Waals surface area contributed by atoms with Crippen LogP contribution in [0.4, 0.5) is 0 Å². The zero-order chi connectivity index (χ0) is 11.4. The molecule has 82 valence electrons. The van der Waals surface area contributed by atoms with Gasteiger partial charge in [-0.05, 0) is 24.3 Å². The average molecular weight is 233 g/mol. The highest BCUT2D eigenvalue weighted by Crippen LogP contribution is 2.16. The maximum Gasteiger partial charge on any atom is 0.267 e. The van der Waals surface area contributed by atoms with Gasteiger partial charge in [0.2, 0.25) is 0 Å². The molecule has 16 heavy (non-hydrogen) atoms. The second kappa shape index (κ2) is 4.37. The zero-order valence-electron chi connectivity index (χ0n) is 8.52. The average Bonchev–Trinajstić information content (AvgIpc) is 2.59. The number of sulfonamides is 1. The zero-order valence-corrected chi connectivity index (χ0v) is 9.34. The molecule has 0 spiro atoms. The Morgan fingerprint density at radius 1 is 0.812 bits per heavy atom. The van der Waals surface area contributed by atoms with Gasteiger partial charge in [0.1, 0.15) is 0 Å². The molecule has 1 aromatic rings. The standard InChI is InChI=1S/C12H11NO2S/c14-16(15,12-8-4-3-5-9-12)13-10-6-1-2-7-11-13/h1-11H. The molecule has 2 rings (SSSR count). The first-order chi connectivity index (χ1) is 7.71. The van der Waals surface area contributed by atoms with E-state index in [9.17, 15) is 8.42 Å². The predicted molar refractivity (Wildman–Crippen MR) is 62.9 cm³/mol. The summed E-state index contributed by atoms with van der Waals surface area (Å²) in [5, 5.41) is 0. The van der Waals surface area contributed by atoms with Crippen molar-refractivity contribution in [2.45, 2.75) is 4.90 Å². The fourth-order valence-corrected chi connectivity index (χ4v) is 2.53. The predicted octanol–water partition coefficient (Wildman–Crippen LogP) is 2.27. The Morgan fingerprint density at radius 3 is 1.94 bits per heavy atom. The summed E-state index contributed by atoms with van der Waals surface area (Å²) >= 11 is 0. The van der Waals surface area contributed by atoms with Crippen LogP contribution in [0.5, 0.6) is 0 Å². The molecule has 0 N–H and O–H groups in total. The third-order valence-corrected chi connectivity index (χ3v) is 3.78. The first-order valence-corrected chi connectivity index (χ1v) is 6.25. The fraction of sp³-hybridized carbons (Fsp3) is 0. The van der Waals surface area contributed by atoms with Crippen LogP contribution < -0.4 is 0 Å². The summed E-state index contributed by atoms with van der Waals surface area (Å²) in [7, 11) is -3.47. The molecule has 0 saturated carbocycles. The van der Waals surface area contributed by atoms with Crippen LogP contribution >= 0.6 is 0 Å². The third kappa shape index (κ3) is 2.06. The second-order valence-corrected chi connectivity index (χ2v) is 5.06. The highest BCUT2D eigenvalue weighted by atomic mass is 32.2. The summed E-state index contributed by atoms with van der Waals surface area (Å²) in [4.78, 5) is 0.284. The molecule has 1 heterocycles.